The van der Waals surface area contributed by atoms with E-state index < -0.39 is 11.9 Å². The van der Waals surface area contributed by atoms with Crippen molar-refractivity contribution in [1.29, 1.82) is 5.26 Å². The molecule has 0 saturated carbocycles. The van der Waals surface area contributed by atoms with E-state index in [2.05, 4.69) is 0 Å². The molecule has 1 aromatic rings. The predicted octanol–water partition coefficient (Wildman–Crippen LogP) is 2.59. The highest BCUT2D eigenvalue weighted by molar-refractivity contribution is 6.30. The molecule has 1 aliphatic heterocycles. The van der Waals surface area contributed by atoms with Crippen LogP contribution in [-0.2, 0) is 14.3 Å². The molecular formula is C15H13ClN2O3. The summed E-state index contributed by atoms with van der Waals surface area (Å²) in [6.07, 6.45) is 0. The molecule has 0 amide bonds. The Kier molecular flexibility index (Phi) is 4.20. The molecule has 0 aliphatic carbocycles. The van der Waals surface area contributed by atoms with Crippen LogP contribution < -0.4 is 5.73 Å². The smallest absolute Gasteiger partial charge is 0.338 e. The lowest BCUT2D eigenvalue weighted by atomic mass is 9.83. The lowest BCUT2D eigenvalue weighted by Crippen LogP contribution is -2.25. The highest BCUT2D eigenvalue weighted by Crippen LogP contribution is 2.39. The van der Waals surface area contributed by atoms with E-state index in [-0.39, 0.29) is 17.0 Å². The largest absolute Gasteiger partial charge is 0.466 e. The second kappa shape index (κ2) is 5.90. The van der Waals surface area contributed by atoms with E-state index in [0.29, 0.717) is 16.3 Å². The number of nitriles is 1. The average Bonchev–Trinajstić information content (AvgIpc) is 2.45. The van der Waals surface area contributed by atoms with Gasteiger partial charge < -0.3 is 15.2 Å². The fraction of sp³-hybridized carbons (Fsp3) is 0.200. The van der Waals surface area contributed by atoms with Gasteiger partial charge in [0.05, 0.1) is 18.6 Å². The van der Waals surface area contributed by atoms with Crippen LogP contribution in [0.5, 0.6) is 0 Å². The number of hydrogen-bond donors (Lipinski definition) is 1. The fourth-order valence-corrected chi connectivity index (χ4v) is 2.47. The van der Waals surface area contributed by atoms with Crippen LogP contribution in [0.1, 0.15) is 18.4 Å². The van der Waals surface area contributed by atoms with Gasteiger partial charge in [0, 0.05) is 5.02 Å². The molecule has 1 aromatic carbocycles. The van der Waals surface area contributed by atoms with E-state index in [9.17, 15) is 10.1 Å². The van der Waals surface area contributed by atoms with Crippen LogP contribution in [0.4, 0.5) is 0 Å². The van der Waals surface area contributed by atoms with Crippen LogP contribution in [0.25, 0.3) is 0 Å². The van der Waals surface area contributed by atoms with Gasteiger partial charge in [-0.2, -0.15) is 5.26 Å². The Morgan fingerprint density at radius 2 is 2.24 bits per heavy atom. The summed E-state index contributed by atoms with van der Waals surface area (Å²) >= 11 is 6.00. The van der Waals surface area contributed by atoms with Gasteiger partial charge in [-0.3, -0.25) is 0 Å². The molecule has 0 spiro atoms. The van der Waals surface area contributed by atoms with Gasteiger partial charge in [-0.25, -0.2) is 4.79 Å². The summed E-state index contributed by atoms with van der Waals surface area (Å²) in [5.74, 6) is -0.941. The number of nitrogens with two attached hydrogens (primary N) is 1. The quantitative estimate of drug-likeness (QED) is 0.849. The average molecular weight is 305 g/mol. The summed E-state index contributed by atoms with van der Waals surface area (Å²) < 4.78 is 10.1. The van der Waals surface area contributed by atoms with E-state index in [4.69, 9.17) is 26.8 Å². The maximum Gasteiger partial charge on any atom is 0.338 e. The molecule has 0 saturated heterocycles. The number of hydrogen-bond acceptors (Lipinski definition) is 5. The number of nitrogens with zero attached hydrogens (tertiary/aromatic N) is 1. The lowest BCUT2D eigenvalue weighted by Gasteiger charge is -2.26. The molecule has 0 radical (unpaired) electrons. The molecule has 21 heavy (non-hydrogen) atoms. The van der Waals surface area contributed by atoms with Crippen LogP contribution in [0, 0.1) is 11.3 Å². The fourth-order valence-electron chi connectivity index (χ4n) is 2.28. The Labute approximate surface area is 127 Å². The number of methoxy groups -OCH3 is 1. The molecule has 0 fully saturated rings. The third-order valence-electron chi connectivity index (χ3n) is 3.19. The summed E-state index contributed by atoms with van der Waals surface area (Å²) in [6, 6.07) is 8.89. The van der Waals surface area contributed by atoms with Crippen LogP contribution in [0.2, 0.25) is 5.02 Å². The molecule has 6 heteroatoms. The van der Waals surface area contributed by atoms with Gasteiger partial charge in [-0.05, 0) is 24.6 Å². The normalized spacial score (nSPS) is 18.1. The Balaban J connectivity index is 2.66. The number of carbonyl (C=O) groups is 1. The van der Waals surface area contributed by atoms with Crippen molar-refractivity contribution in [2.45, 2.75) is 12.8 Å². The van der Waals surface area contributed by atoms with Gasteiger partial charge in [0.15, 0.2) is 0 Å². The maximum atomic E-state index is 12.0. The monoisotopic (exact) mass is 304 g/mol. The summed E-state index contributed by atoms with van der Waals surface area (Å²) in [5.41, 5.74) is 6.83. The second-order valence-electron chi connectivity index (χ2n) is 4.44. The predicted molar refractivity (Wildman–Crippen MR) is 76.8 cm³/mol. The molecule has 1 aliphatic rings. The highest BCUT2D eigenvalue weighted by atomic mass is 35.5. The Morgan fingerprint density at radius 3 is 2.81 bits per heavy atom. The SMILES string of the molecule is COC(=O)C1=C(C)OC(N)=C(C#N)[C@@H]1c1cccc(Cl)c1. The van der Waals surface area contributed by atoms with Crippen molar-refractivity contribution in [2.24, 2.45) is 5.73 Å². The van der Waals surface area contributed by atoms with Crippen LogP contribution in [0.3, 0.4) is 0 Å². The van der Waals surface area contributed by atoms with Crippen molar-refractivity contribution in [3.05, 3.63) is 57.6 Å². The van der Waals surface area contributed by atoms with Crippen LogP contribution in [-0.4, -0.2) is 13.1 Å². The van der Waals surface area contributed by atoms with Crippen LogP contribution >= 0.6 is 11.6 Å². The zero-order chi connectivity index (χ0) is 15.6. The van der Waals surface area contributed by atoms with Gasteiger partial charge in [-0.1, -0.05) is 23.7 Å². The Bertz CT molecular complexity index is 701. The summed E-state index contributed by atoms with van der Waals surface area (Å²) in [4.78, 5) is 12.0. The van der Waals surface area contributed by atoms with E-state index in [1.54, 1.807) is 31.2 Å². The number of allylic oxidation sites excluding steroid dienone is 2. The maximum absolute atomic E-state index is 12.0. The molecule has 2 N–H and O–H groups in total. The van der Waals surface area contributed by atoms with Crippen molar-refractivity contribution in [3.63, 3.8) is 0 Å². The van der Waals surface area contributed by atoms with Gasteiger partial charge in [0.1, 0.15) is 17.4 Å². The number of rotatable bonds is 2. The summed E-state index contributed by atoms with van der Waals surface area (Å²) in [7, 11) is 1.27. The van der Waals surface area contributed by atoms with E-state index in [1.165, 1.54) is 7.11 Å². The molecule has 0 aromatic heterocycles. The van der Waals surface area contributed by atoms with Crippen molar-refractivity contribution >= 4 is 17.6 Å². The van der Waals surface area contributed by atoms with E-state index >= 15 is 0 Å². The number of benzene rings is 1. The van der Waals surface area contributed by atoms with Crippen molar-refractivity contribution < 1.29 is 14.3 Å². The van der Waals surface area contributed by atoms with Gasteiger partial charge in [0.2, 0.25) is 5.88 Å². The van der Waals surface area contributed by atoms with Gasteiger partial charge in [-0.15, -0.1) is 0 Å². The number of esters is 1. The minimum atomic E-state index is -0.658. The molecule has 1 atom stereocenters. The standard InChI is InChI=1S/C15H13ClN2O3/c1-8-12(15(19)20-2)13(11(7-17)14(18)21-8)9-4-3-5-10(16)6-9/h3-6,13H,18H2,1-2H3/t13-/m0/s1. The molecule has 5 nitrogen and oxygen atoms in total. The number of halogens is 1. The highest BCUT2D eigenvalue weighted by Gasteiger charge is 2.36. The molecule has 0 bridgehead atoms. The zero-order valence-corrected chi connectivity index (χ0v) is 12.3. The van der Waals surface area contributed by atoms with Crippen molar-refractivity contribution in [3.8, 4) is 6.07 Å². The first kappa shape index (κ1) is 14.9. The molecule has 108 valence electrons. The third-order valence-corrected chi connectivity index (χ3v) is 3.43. The minimum absolute atomic E-state index is 0.0207. The van der Waals surface area contributed by atoms with E-state index in [1.807, 2.05) is 6.07 Å². The first-order valence-electron chi connectivity index (χ1n) is 6.11. The number of carbonyl (C=O) groups excluding carboxylic acids is 1. The summed E-state index contributed by atoms with van der Waals surface area (Å²) in [6.45, 7) is 1.60. The molecular weight excluding hydrogens is 292 g/mol. The van der Waals surface area contributed by atoms with Crippen molar-refractivity contribution in [1.82, 2.24) is 0 Å². The summed E-state index contributed by atoms with van der Waals surface area (Å²) in [5, 5.41) is 9.84. The minimum Gasteiger partial charge on any atom is -0.466 e. The first-order chi connectivity index (χ1) is 9.99. The third kappa shape index (κ3) is 2.71. The van der Waals surface area contributed by atoms with E-state index in [0.717, 1.165) is 0 Å². The first-order valence-corrected chi connectivity index (χ1v) is 6.49. The molecule has 2 rings (SSSR count). The van der Waals surface area contributed by atoms with Gasteiger partial charge in [0.25, 0.3) is 0 Å². The Morgan fingerprint density at radius 1 is 1.52 bits per heavy atom. The topological polar surface area (TPSA) is 85.3 Å². The molecule has 1 heterocycles. The zero-order valence-electron chi connectivity index (χ0n) is 11.5. The van der Waals surface area contributed by atoms with Crippen molar-refractivity contribution in [2.75, 3.05) is 7.11 Å². The Hall–Kier alpha value is -2.45. The number of ether oxygens (including phenoxy) is 2. The lowest BCUT2D eigenvalue weighted by molar-refractivity contribution is -0.136. The van der Waals surface area contributed by atoms with Crippen LogP contribution in [0.15, 0.2) is 47.1 Å². The second-order valence-corrected chi connectivity index (χ2v) is 4.88. The molecule has 0 unspecified atom stereocenters. The van der Waals surface area contributed by atoms with Gasteiger partial charge >= 0.3 is 5.97 Å².